The number of fused-ring (bicyclic) bond motifs is 1. The standard InChI is InChI=1S/C16H21N3S/c1-4-9-16(2,3)19-15-12(14(17)20)10-11-7-5-6-8-13(11)18-15/h5-8,10H,4,9H2,1-3H3,(H2,17,20)(H,18,19). The molecule has 1 aromatic heterocycles. The molecule has 2 aromatic rings. The topological polar surface area (TPSA) is 50.9 Å². The number of hydrogen-bond donors (Lipinski definition) is 2. The number of pyridine rings is 1. The molecule has 0 bridgehead atoms. The van der Waals surface area contributed by atoms with E-state index in [1.807, 2.05) is 30.3 Å². The number of nitrogens with one attached hydrogen (secondary N) is 1. The SMILES string of the molecule is CCCC(C)(C)Nc1nc2ccccc2cc1C(N)=S. The van der Waals surface area contributed by atoms with Crippen molar-refractivity contribution in [2.24, 2.45) is 5.73 Å². The van der Waals surface area contributed by atoms with Gasteiger partial charge in [0.15, 0.2) is 0 Å². The molecule has 1 aromatic carbocycles. The van der Waals surface area contributed by atoms with Crippen LogP contribution in [0.4, 0.5) is 5.82 Å². The van der Waals surface area contributed by atoms with Crippen LogP contribution in [0.15, 0.2) is 30.3 Å². The van der Waals surface area contributed by atoms with Crippen molar-refractivity contribution in [3.63, 3.8) is 0 Å². The summed E-state index contributed by atoms with van der Waals surface area (Å²) in [6.45, 7) is 6.50. The molecule has 0 aliphatic rings. The summed E-state index contributed by atoms with van der Waals surface area (Å²) in [6.07, 6.45) is 2.16. The first-order valence-corrected chi connectivity index (χ1v) is 7.31. The summed E-state index contributed by atoms with van der Waals surface area (Å²) in [7, 11) is 0. The van der Waals surface area contributed by atoms with E-state index in [1.54, 1.807) is 0 Å². The Hall–Kier alpha value is -1.68. The lowest BCUT2D eigenvalue weighted by atomic mass is 9.98. The third-order valence-electron chi connectivity index (χ3n) is 3.32. The maximum Gasteiger partial charge on any atom is 0.137 e. The zero-order valence-corrected chi connectivity index (χ0v) is 13.1. The summed E-state index contributed by atoms with van der Waals surface area (Å²) < 4.78 is 0. The molecule has 0 amide bonds. The van der Waals surface area contributed by atoms with Crippen LogP contribution in [0.2, 0.25) is 0 Å². The number of hydrogen-bond acceptors (Lipinski definition) is 3. The molecular formula is C16H21N3S. The highest BCUT2D eigenvalue weighted by molar-refractivity contribution is 7.80. The molecular weight excluding hydrogens is 266 g/mol. The van der Waals surface area contributed by atoms with Crippen LogP contribution < -0.4 is 11.1 Å². The monoisotopic (exact) mass is 287 g/mol. The molecule has 0 fully saturated rings. The highest BCUT2D eigenvalue weighted by atomic mass is 32.1. The van der Waals surface area contributed by atoms with Crippen molar-refractivity contribution in [1.29, 1.82) is 0 Å². The van der Waals surface area contributed by atoms with Gasteiger partial charge in [0.25, 0.3) is 0 Å². The van der Waals surface area contributed by atoms with Gasteiger partial charge in [-0.25, -0.2) is 4.98 Å². The minimum absolute atomic E-state index is 0.0380. The van der Waals surface area contributed by atoms with E-state index < -0.39 is 0 Å². The average molecular weight is 287 g/mol. The number of nitrogens with two attached hydrogens (primary N) is 1. The Balaban J connectivity index is 2.50. The summed E-state index contributed by atoms with van der Waals surface area (Å²) >= 11 is 5.16. The van der Waals surface area contributed by atoms with E-state index in [1.165, 1.54) is 0 Å². The number of aromatic nitrogens is 1. The molecule has 0 atom stereocenters. The van der Waals surface area contributed by atoms with Crippen molar-refractivity contribution in [3.05, 3.63) is 35.9 Å². The molecule has 2 rings (SSSR count). The lowest BCUT2D eigenvalue weighted by Crippen LogP contribution is -2.32. The van der Waals surface area contributed by atoms with E-state index in [0.717, 1.165) is 35.1 Å². The van der Waals surface area contributed by atoms with Gasteiger partial charge >= 0.3 is 0 Å². The molecule has 0 aliphatic heterocycles. The maximum atomic E-state index is 5.85. The summed E-state index contributed by atoms with van der Waals surface area (Å²) in [4.78, 5) is 5.06. The molecule has 3 nitrogen and oxygen atoms in total. The molecule has 3 N–H and O–H groups in total. The quantitative estimate of drug-likeness (QED) is 0.820. The van der Waals surface area contributed by atoms with Crippen molar-refractivity contribution < 1.29 is 0 Å². The van der Waals surface area contributed by atoms with Gasteiger partial charge in [-0.05, 0) is 32.4 Å². The first kappa shape index (κ1) is 14.7. The summed E-state index contributed by atoms with van der Waals surface area (Å²) in [5.74, 6) is 0.773. The molecule has 4 heteroatoms. The van der Waals surface area contributed by atoms with E-state index in [0.29, 0.717) is 4.99 Å². The molecule has 0 saturated heterocycles. The highest BCUT2D eigenvalue weighted by Crippen LogP contribution is 2.25. The number of benzene rings is 1. The number of anilines is 1. The largest absolute Gasteiger partial charge is 0.389 e. The fourth-order valence-electron chi connectivity index (χ4n) is 2.41. The molecule has 106 valence electrons. The Labute approximate surface area is 125 Å². The Kier molecular flexibility index (Phi) is 4.23. The van der Waals surface area contributed by atoms with E-state index in [-0.39, 0.29) is 5.54 Å². The average Bonchev–Trinajstić information content (AvgIpc) is 2.37. The minimum Gasteiger partial charge on any atom is -0.389 e. The fraction of sp³-hybridized carbons (Fsp3) is 0.375. The van der Waals surface area contributed by atoms with Crippen LogP contribution in [-0.2, 0) is 0 Å². The van der Waals surface area contributed by atoms with E-state index >= 15 is 0 Å². The van der Waals surface area contributed by atoms with Crippen LogP contribution in [-0.4, -0.2) is 15.5 Å². The van der Waals surface area contributed by atoms with Crippen molar-refractivity contribution in [2.75, 3.05) is 5.32 Å². The maximum absolute atomic E-state index is 5.85. The molecule has 20 heavy (non-hydrogen) atoms. The second-order valence-electron chi connectivity index (χ2n) is 5.70. The summed E-state index contributed by atoms with van der Waals surface area (Å²) in [6, 6.07) is 10.00. The Morgan fingerprint density at radius 1 is 1.35 bits per heavy atom. The molecule has 0 saturated carbocycles. The van der Waals surface area contributed by atoms with Gasteiger partial charge in [0.1, 0.15) is 10.8 Å². The molecule has 1 heterocycles. The van der Waals surface area contributed by atoms with E-state index in [2.05, 4.69) is 31.1 Å². The van der Waals surface area contributed by atoms with Crippen LogP contribution in [0.25, 0.3) is 10.9 Å². The minimum atomic E-state index is -0.0380. The van der Waals surface area contributed by atoms with Gasteiger partial charge < -0.3 is 11.1 Å². The number of para-hydroxylation sites is 1. The van der Waals surface area contributed by atoms with Gasteiger partial charge in [0, 0.05) is 10.9 Å². The van der Waals surface area contributed by atoms with Crippen LogP contribution in [0.3, 0.4) is 0 Å². The fourth-order valence-corrected chi connectivity index (χ4v) is 2.56. The molecule has 0 aliphatic carbocycles. The Morgan fingerprint density at radius 3 is 2.70 bits per heavy atom. The smallest absolute Gasteiger partial charge is 0.137 e. The van der Waals surface area contributed by atoms with E-state index in [4.69, 9.17) is 18.0 Å². The lowest BCUT2D eigenvalue weighted by Gasteiger charge is -2.27. The Morgan fingerprint density at radius 2 is 2.05 bits per heavy atom. The second-order valence-corrected chi connectivity index (χ2v) is 6.14. The third kappa shape index (κ3) is 3.25. The zero-order valence-electron chi connectivity index (χ0n) is 12.2. The number of rotatable bonds is 5. The zero-order chi connectivity index (χ0) is 14.8. The molecule has 0 radical (unpaired) electrons. The number of thiocarbonyl (C=S) groups is 1. The predicted molar refractivity (Wildman–Crippen MR) is 90.2 cm³/mol. The first-order chi connectivity index (χ1) is 9.43. The summed E-state index contributed by atoms with van der Waals surface area (Å²) in [5.41, 5.74) is 7.57. The summed E-state index contributed by atoms with van der Waals surface area (Å²) in [5, 5.41) is 4.53. The van der Waals surface area contributed by atoms with Crippen LogP contribution in [0.5, 0.6) is 0 Å². The van der Waals surface area contributed by atoms with Gasteiger partial charge in [-0.1, -0.05) is 43.8 Å². The first-order valence-electron chi connectivity index (χ1n) is 6.91. The van der Waals surface area contributed by atoms with Gasteiger partial charge in [0.05, 0.1) is 11.1 Å². The van der Waals surface area contributed by atoms with Crippen LogP contribution in [0.1, 0.15) is 39.2 Å². The van der Waals surface area contributed by atoms with Crippen molar-refractivity contribution in [1.82, 2.24) is 4.98 Å². The molecule has 0 unspecified atom stereocenters. The highest BCUT2D eigenvalue weighted by Gasteiger charge is 2.19. The third-order valence-corrected chi connectivity index (χ3v) is 3.54. The normalized spacial score (nSPS) is 11.6. The van der Waals surface area contributed by atoms with Gasteiger partial charge in [-0.2, -0.15) is 0 Å². The van der Waals surface area contributed by atoms with Crippen molar-refractivity contribution in [2.45, 2.75) is 39.2 Å². The lowest BCUT2D eigenvalue weighted by molar-refractivity contribution is 0.509. The van der Waals surface area contributed by atoms with Crippen LogP contribution >= 0.6 is 12.2 Å². The molecule has 0 spiro atoms. The van der Waals surface area contributed by atoms with Crippen LogP contribution in [0, 0.1) is 0 Å². The Bertz CT molecular complexity index is 635. The number of nitrogens with zero attached hydrogens (tertiary/aromatic N) is 1. The predicted octanol–water partition coefficient (Wildman–Crippen LogP) is 3.86. The van der Waals surface area contributed by atoms with Gasteiger partial charge in [-0.15, -0.1) is 0 Å². The van der Waals surface area contributed by atoms with Gasteiger partial charge in [-0.3, -0.25) is 0 Å². The van der Waals surface area contributed by atoms with Gasteiger partial charge in [0.2, 0.25) is 0 Å². The van der Waals surface area contributed by atoms with E-state index in [9.17, 15) is 0 Å². The van der Waals surface area contributed by atoms with Crippen molar-refractivity contribution in [3.8, 4) is 0 Å². The second kappa shape index (κ2) is 5.75. The van der Waals surface area contributed by atoms with Crippen molar-refractivity contribution >= 4 is 33.9 Å².